The molecular formula is C14H18N2O3. The number of benzene rings is 1. The molecule has 0 radical (unpaired) electrons. The lowest BCUT2D eigenvalue weighted by molar-refractivity contribution is 0.0363. The van der Waals surface area contributed by atoms with Crippen LogP contribution >= 0.6 is 0 Å². The highest BCUT2D eigenvalue weighted by Crippen LogP contribution is 2.14. The van der Waals surface area contributed by atoms with E-state index in [9.17, 15) is 4.79 Å². The maximum atomic E-state index is 11.9. The van der Waals surface area contributed by atoms with Gasteiger partial charge in [-0.1, -0.05) is 6.07 Å². The summed E-state index contributed by atoms with van der Waals surface area (Å²) in [6.07, 6.45) is 0. The van der Waals surface area contributed by atoms with Gasteiger partial charge in [-0.05, 0) is 24.6 Å². The number of nitrogens with zero attached hydrogens (tertiary/aromatic N) is 2. The Kier molecular flexibility index (Phi) is 3.40. The lowest BCUT2D eigenvalue weighted by Crippen LogP contribution is -2.38. The molecule has 1 aromatic carbocycles. The number of hydrogen-bond acceptors (Lipinski definition) is 4. The van der Waals surface area contributed by atoms with Crippen molar-refractivity contribution in [2.75, 3.05) is 32.8 Å². The van der Waals surface area contributed by atoms with E-state index in [1.807, 2.05) is 25.1 Å². The van der Waals surface area contributed by atoms with E-state index in [-0.39, 0.29) is 5.76 Å². The van der Waals surface area contributed by atoms with Crippen molar-refractivity contribution in [1.29, 1.82) is 0 Å². The van der Waals surface area contributed by atoms with Crippen LogP contribution in [0.1, 0.15) is 5.56 Å². The Bertz CT molecular complexity index is 623. The first-order valence-corrected chi connectivity index (χ1v) is 6.64. The fraction of sp³-hybridized carbons (Fsp3) is 0.500. The van der Waals surface area contributed by atoms with Gasteiger partial charge in [0.05, 0.1) is 18.7 Å². The molecule has 0 atom stereocenters. The first kappa shape index (κ1) is 12.4. The standard InChI is InChI=1S/C14H18N2O3/c1-11-2-3-12-13(10-11)19-14(17)16(12)5-4-15-6-8-18-9-7-15/h2-3,10H,4-9H2,1H3. The van der Waals surface area contributed by atoms with Crippen molar-refractivity contribution in [3.8, 4) is 0 Å². The molecule has 1 aromatic heterocycles. The van der Waals surface area contributed by atoms with E-state index >= 15 is 0 Å². The molecule has 1 aliphatic rings. The summed E-state index contributed by atoms with van der Waals surface area (Å²) in [6, 6.07) is 5.86. The highest BCUT2D eigenvalue weighted by Gasteiger charge is 2.13. The van der Waals surface area contributed by atoms with E-state index in [1.54, 1.807) is 4.57 Å². The summed E-state index contributed by atoms with van der Waals surface area (Å²) < 4.78 is 12.3. The van der Waals surface area contributed by atoms with Gasteiger partial charge >= 0.3 is 5.76 Å². The van der Waals surface area contributed by atoms with Crippen molar-refractivity contribution in [2.24, 2.45) is 0 Å². The van der Waals surface area contributed by atoms with Crippen molar-refractivity contribution in [3.05, 3.63) is 34.3 Å². The molecule has 5 heteroatoms. The second kappa shape index (κ2) is 5.19. The van der Waals surface area contributed by atoms with Gasteiger partial charge in [-0.25, -0.2) is 4.79 Å². The van der Waals surface area contributed by atoms with Crippen LogP contribution in [0, 0.1) is 6.92 Å². The van der Waals surface area contributed by atoms with Crippen molar-refractivity contribution < 1.29 is 9.15 Å². The Morgan fingerprint density at radius 3 is 2.79 bits per heavy atom. The lowest BCUT2D eigenvalue weighted by atomic mass is 10.2. The van der Waals surface area contributed by atoms with E-state index in [0.717, 1.165) is 43.9 Å². The van der Waals surface area contributed by atoms with E-state index in [0.29, 0.717) is 12.1 Å². The van der Waals surface area contributed by atoms with E-state index in [2.05, 4.69) is 4.90 Å². The van der Waals surface area contributed by atoms with Crippen LogP contribution in [-0.2, 0) is 11.3 Å². The van der Waals surface area contributed by atoms with Crippen LogP contribution in [0.2, 0.25) is 0 Å². The van der Waals surface area contributed by atoms with Crippen molar-refractivity contribution in [2.45, 2.75) is 13.5 Å². The highest BCUT2D eigenvalue weighted by atomic mass is 16.5. The molecule has 19 heavy (non-hydrogen) atoms. The van der Waals surface area contributed by atoms with Crippen LogP contribution in [0.3, 0.4) is 0 Å². The molecule has 0 bridgehead atoms. The number of hydrogen-bond donors (Lipinski definition) is 0. The molecule has 3 rings (SSSR count). The molecule has 2 aromatic rings. The van der Waals surface area contributed by atoms with Crippen LogP contribution in [0.5, 0.6) is 0 Å². The number of aryl methyl sites for hydroxylation is 1. The first-order valence-electron chi connectivity index (χ1n) is 6.64. The van der Waals surface area contributed by atoms with Gasteiger partial charge in [0.1, 0.15) is 0 Å². The number of rotatable bonds is 3. The summed E-state index contributed by atoms with van der Waals surface area (Å²) in [5, 5.41) is 0. The smallest absolute Gasteiger partial charge is 0.408 e. The minimum atomic E-state index is -0.270. The summed E-state index contributed by atoms with van der Waals surface area (Å²) in [4.78, 5) is 14.2. The normalized spacial score (nSPS) is 17.1. The summed E-state index contributed by atoms with van der Waals surface area (Å²) in [5.41, 5.74) is 2.65. The Labute approximate surface area is 111 Å². The van der Waals surface area contributed by atoms with Gasteiger partial charge in [0.15, 0.2) is 5.58 Å². The number of aromatic nitrogens is 1. The molecule has 0 amide bonds. The predicted molar refractivity (Wildman–Crippen MR) is 72.5 cm³/mol. The molecule has 1 aliphatic heterocycles. The molecular weight excluding hydrogens is 244 g/mol. The van der Waals surface area contributed by atoms with Gasteiger partial charge in [0, 0.05) is 26.2 Å². The van der Waals surface area contributed by atoms with E-state index in [4.69, 9.17) is 9.15 Å². The highest BCUT2D eigenvalue weighted by molar-refractivity contribution is 5.73. The van der Waals surface area contributed by atoms with E-state index in [1.165, 1.54) is 0 Å². The zero-order valence-corrected chi connectivity index (χ0v) is 11.1. The average Bonchev–Trinajstić information content (AvgIpc) is 2.72. The second-order valence-corrected chi connectivity index (χ2v) is 4.94. The maximum Gasteiger partial charge on any atom is 0.419 e. The summed E-state index contributed by atoms with van der Waals surface area (Å²) >= 11 is 0. The minimum absolute atomic E-state index is 0.270. The summed E-state index contributed by atoms with van der Waals surface area (Å²) in [5.74, 6) is -0.270. The fourth-order valence-corrected chi connectivity index (χ4v) is 2.45. The number of morpholine rings is 1. The Hall–Kier alpha value is -1.59. The molecule has 0 saturated carbocycles. The Morgan fingerprint density at radius 2 is 2.00 bits per heavy atom. The number of fused-ring (bicyclic) bond motifs is 1. The number of oxazole rings is 1. The van der Waals surface area contributed by atoms with E-state index < -0.39 is 0 Å². The quantitative estimate of drug-likeness (QED) is 0.835. The SMILES string of the molecule is Cc1ccc2c(c1)oc(=O)n2CCN1CCOCC1. The van der Waals surface area contributed by atoms with Gasteiger partial charge in [-0.2, -0.15) is 0 Å². The molecule has 0 spiro atoms. The molecule has 0 unspecified atom stereocenters. The van der Waals surface area contributed by atoms with Crippen molar-refractivity contribution >= 4 is 11.1 Å². The molecule has 102 valence electrons. The van der Waals surface area contributed by atoms with Crippen LogP contribution in [0.15, 0.2) is 27.4 Å². The van der Waals surface area contributed by atoms with Gasteiger partial charge < -0.3 is 9.15 Å². The summed E-state index contributed by atoms with van der Waals surface area (Å²) in [6.45, 7) is 6.93. The van der Waals surface area contributed by atoms with Gasteiger partial charge in [0.25, 0.3) is 0 Å². The lowest BCUT2D eigenvalue weighted by Gasteiger charge is -2.26. The molecule has 2 heterocycles. The molecule has 0 aliphatic carbocycles. The second-order valence-electron chi connectivity index (χ2n) is 4.94. The van der Waals surface area contributed by atoms with Gasteiger partial charge in [-0.3, -0.25) is 9.47 Å². The minimum Gasteiger partial charge on any atom is -0.408 e. The van der Waals surface area contributed by atoms with Crippen LogP contribution in [0.4, 0.5) is 0 Å². The molecule has 1 fully saturated rings. The first-order chi connectivity index (χ1) is 9.24. The van der Waals surface area contributed by atoms with Crippen LogP contribution < -0.4 is 5.76 Å². The third-order valence-corrected chi connectivity index (χ3v) is 3.57. The molecule has 5 nitrogen and oxygen atoms in total. The van der Waals surface area contributed by atoms with Gasteiger partial charge in [0.2, 0.25) is 0 Å². The fourth-order valence-electron chi connectivity index (χ4n) is 2.45. The third-order valence-electron chi connectivity index (χ3n) is 3.57. The third kappa shape index (κ3) is 2.57. The molecule has 0 N–H and O–H groups in total. The van der Waals surface area contributed by atoms with Crippen LogP contribution in [-0.4, -0.2) is 42.3 Å². The van der Waals surface area contributed by atoms with Gasteiger partial charge in [-0.15, -0.1) is 0 Å². The Balaban J connectivity index is 1.80. The monoisotopic (exact) mass is 262 g/mol. The van der Waals surface area contributed by atoms with Crippen molar-refractivity contribution in [1.82, 2.24) is 9.47 Å². The van der Waals surface area contributed by atoms with Crippen LogP contribution in [0.25, 0.3) is 11.1 Å². The zero-order valence-electron chi connectivity index (χ0n) is 11.1. The topological polar surface area (TPSA) is 47.6 Å². The summed E-state index contributed by atoms with van der Waals surface area (Å²) in [7, 11) is 0. The largest absolute Gasteiger partial charge is 0.419 e. The Morgan fingerprint density at radius 1 is 1.21 bits per heavy atom. The predicted octanol–water partition coefficient (Wildman–Crippen LogP) is 1.24. The van der Waals surface area contributed by atoms with Crippen molar-refractivity contribution in [3.63, 3.8) is 0 Å². The number of ether oxygens (including phenoxy) is 1. The maximum absolute atomic E-state index is 11.9. The average molecular weight is 262 g/mol. The molecule has 1 saturated heterocycles. The zero-order chi connectivity index (χ0) is 13.2.